The molecule has 0 bridgehead atoms. The van der Waals surface area contributed by atoms with E-state index < -0.39 is 9.84 Å². The molecule has 1 rings (SSSR count). The highest BCUT2D eigenvalue weighted by Crippen LogP contribution is 2.18. The first-order valence-electron chi connectivity index (χ1n) is 6.06. The van der Waals surface area contributed by atoms with Crippen molar-refractivity contribution in [3.63, 3.8) is 0 Å². The molecule has 0 radical (unpaired) electrons. The zero-order valence-corrected chi connectivity index (χ0v) is 13.4. The summed E-state index contributed by atoms with van der Waals surface area (Å²) in [5.74, 6) is 0.473. The summed E-state index contributed by atoms with van der Waals surface area (Å²) in [6.07, 6.45) is 0.960. The Balaban J connectivity index is 2.90. The fourth-order valence-corrected chi connectivity index (χ4v) is 3.77. The lowest BCUT2D eigenvalue weighted by Crippen LogP contribution is -2.38. The van der Waals surface area contributed by atoms with E-state index in [9.17, 15) is 8.42 Å². The van der Waals surface area contributed by atoms with E-state index in [0.29, 0.717) is 10.8 Å². The molecule has 2 unspecified atom stereocenters. The molecule has 0 aliphatic rings. The van der Waals surface area contributed by atoms with E-state index in [1.165, 1.54) is 0 Å². The molecule has 102 valence electrons. The van der Waals surface area contributed by atoms with Crippen LogP contribution in [0.1, 0.15) is 20.3 Å². The predicted octanol–water partition coefficient (Wildman–Crippen LogP) is 2.86. The van der Waals surface area contributed by atoms with Gasteiger partial charge in [-0.2, -0.15) is 0 Å². The van der Waals surface area contributed by atoms with Crippen LogP contribution in [0, 0.1) is 5.92 Å². The van der Waals surface area contributed by atoms with Crippen LogP contribution in [0.25, 0.3) is 0 Å². The molecule has 0 aliphatic carbocycles. The van der Waals surface area contributed by atoms with Gasteiger partial charge in [0.1, 0.15) is 0 Å². The maximum Gasteiger partial charge on any atom is 0.179 e. The van der Waals surface area contributed by atoms with Crippen LogP contribution in [0.5, 0.6) is 0 Å². The van der Waals surface area contributed by atoms with E-state index in [2.05, 4.69) is 35.1 Å². The number of rotatable bonds is 6. The van der Waals surface area contributed by atoms with Gasteiger partial charge in [-0.15, -0.1) is 0 Å². The predicted molar refractivity (Wildman–Crippen MR) is 78.5 cm³/mol. The van der Waals surface area contributed by atoms with Gasteiger partial charge in [0.25, 0.3) is 0 Å². The summed E-state index contributed by atoms with van der Waals surface area (Å²) in [4.78, 5) is 0.384. The average Bonchev–Trinajstić information content (AvgIpc) is 2.35. The first kappa shape index (κ1) is 15.7. The van der Waals surface area contributed by atoms with Crippen molar-refractivity contribution in [1.82, 2.24) is 5.32 Å². The van der Waals surface area contributed by atoms with Crippen molar-refractivity contribution < 1.29 is 8.42 Å². The molecule has 5 heteroatoms. The summed E-state index contributed by atoms with van der Waals surface area (Å²) in [5.41, 5.74) is 0. The molecule has 1 aromatic rings. The van der Waals surface area contributed by atoms with Gasteiger partial charge < -0.3 is 5.32 Å². The summed E-state index contributed by atoms with van der Waals surface area (Å²) in [7, 11) is -1.41. The Bertz CT molecular complexity index is 470. The van der Waals surface area contributed by atoms with Crippen LogP contribution in [-0.2, 0) is 9.84 Å². The maximum atomic E-state index is 12.3. The van der Waals surface area contributed by atoms with Gasteiger partial charge in [0.15, 0.2) is 9.84 Å². The minimum atomic E-state index is -3.23. The van der Waals surface area contributed by atoms with E-state index in [1.807, 2.05) is 7.05 Å². The second-order valence-corrected chi connectivity index (χ2v) is 7.47. The zero-order chi connectivity index (χ0) is 13.8. The highest BCUT2D eigenvalue weighted by molar-refractivity contribution is 9.10. The number of hydrogen-bond donors (Lipinski definition) is 1. The largest absolute Gasteiger partial charge is 0.316 e. The molecule has 2 atom stereocenters. The fourth-order valence-electron chi connectivity index (χ4n) is 1.79. The summed E-state index contributed by atoms with van der Waals surface area (Å²) < 4.78 is 25.4. The fraction of sp³-hybridized carbons (Fsp3) is 0.538. The third-order valence-electron chi connectivity index (χ3n) is 3.27. The highest BCUT2D eigenvalue weighted by Gasteiger charge is 2.23. The van der Waals surface area contributed by atoms with Crippen molar-refractivity contribution in [2.24, 2.45) is 5.92 Å². The Morgan fingerprint density at radius 2 is 1.83 bits per heavy atom. The van der Waals surface area contributed by atoms with Gasteiger partial charge in [0.05, 0.1) is 10.6 Å². The number of nitrogens with one attached hydrogen (secondary N) is 1. The van der Waals surface area contributed by atoms with Crippen LogP contribution < -0.4 is 5.32 Å². The van der Waals surface area contributed by atoms with Crippen molar-refractivity contribution in [1.29, 1.82) is 0 Å². The molecular formula is C13H20BrNO2S. The van der Waals surface area contributed by atoms with Gasteiger partial charge in [0, 0.05) is 10.5 Å². The molecule has 3 nitrogen and oxygen atoms in total. The second-order valence-electron chi connectivity index (χ2n) is 4.52. The normalized spacial score (nSPS) is 15.3. The number of hydrogen-bond acceptors (Lipinski definition) is 3. The van der Waals surface area contributed by atoms with Gasteiger partial charge in [-0.3, -0.25) is 0 Å². The van der Waals surface area contributed by atoms with Crippen LogP contribution >= 0.6 is 15.9 Å². The van der Waals surface area contributed by atoms with Crippen LogP contribution in [0.2, 0.25) is 0 Å². The molecule has 0 fully saturated rings. The van der Waals surface area contributed by atoms with E-state index in [-0.39, 0.29) is 11.8 Å². The number of halogens is 1. The van der Waals surface area contributed by atoms with Crippen molar-refractivity contribution in [3.05, 3.63) is 28.7 Å². The Kier molecular flexibility index (Phi) is 5.82. The van der Waals surface area contributed by atoms with Crippen molar-refractivity contribution in [2.75, 3.05) is 12.8 Å². The van der Waals surface area contributed by atoms with Gasteiger partial charge in [0.2, 0.25) is 0 Å². The molecule has 18 heavy (non-hydrogen) atoms. The Morgan fingerprint density at radius 3 is 2.28 bits per heavy atom. The van der Waals surface area contributed by atoms with E-state index in [1.54, 1.807) is 24.3 Å². The smallest absolute Gasteiger partial charge is 0.179 e. The van der Waals surface area contributed by atoms with Crippen LogP contribution in [-0.4, -0.2) is 27.3 Å². The van der Waals surface area contributed by atoms with Gasteiger partial charge >= 0.3 is 0 Å². The molecule has 0 saturated carbocycles. The lowest BCUT2D eigenvalue weighted by atomic mass is 10.0. The molecule has 0 aromatic heterocycles. The first-order chi connectivity index (χ1) is 8.40. The quantitative estimate of drug-likeness (QED) is 0.870. The third-order valence-corrected chi connectivity index (χ3v) is 5.59. The summed E-state index contributed by atoms with van der Waals surface area (Å²) in [6.45, 7) is 4.14. The summed E-state index contributed by atoms with van der Waals surface area (Å²) >= 11 is 3.30. The van der Waals surface area contributed by atoms with Gasteiger partial charge in [-0.25, -0.2) is 8.42 Å². The Hall–Kier alpha value is -0.390. The number of sulfone groups is 1. The topological polar surface area (TPSA) is 46.2 Å². The molecular weight excluding hydrogens is 314 g/mol. The van der Waals surface area contributed by atoms with Crippen LogP contribution in [0.4, 0.5) is 0 Å². The summed E-state index contributed by atoms with van der Waals surface area (Å²) in [6, 6.07) is 6.78. The standard InChI is InChI=1S/C13H20BrNO2S/c1-4-10(2)13(15-3)9-18(16,17)12-7-5-11(14)6-8-12/h5-8,10,13,15H,4,9H2,1-3H3. The third kappa shape index (κ3) is 4.07. The molecule has 0 spiro atoms. The number of benzene rings is 1. The first-order valence-corrected chi connectivity index (χ1v) is 8.50. The second kappa shape index (κ2) is 6.68. The molecule has 0 heterocycles. The zero-order valence-electron chi connectivity index (χ0n) is 11.0. The molecule has 1 N–H and O–H groups in total. The Morgan fingerprint density at radius 1 is 1.28 bits per heavy atom. The van der Waals surface area contributed by atoms with Crippen LogP contribution in [0.15, 0.2) is 33.6 Å². The van der Waals surface area contributed by atoms with Crippen molar-refractivity contribution in [3.8, 4) is 0 Å². The van der Waals surface area contributed by atoms with E-state index in [0.717, 1.165) is 10.9 Å². The minimum absolute atomic E-state index is 0.0105. The SMILES string of the molecule is CCC(C)C(CS(=O)(=O)c1ccc(Br)cc1)NC. The highest BCUT2D eigenvalue weighted by atomic mass is 79.9. The lowest BCUT2D eigenvalue weighted by molar-refractivity contribution is 0.414. The molecule has 0 amide bonds. The molecule has 1 aromatic carbocycles. The minimum Gasteiger partial charge on any atom is -0.316 e. The lowest BCUT2D eigenvalue weighted by Gasteiger charge is -2.22. The van der Waals surface area contributed by atoms with Crippen molar-refractivity contribution >= 4 is 25.8 Å². The van der Waals surface area contributed by atoms with E-state index >= 15 is 0 Å². The molecule has 0 saturated heterocycles. The van der Waals surface area contributed by atoms with Crippen LogP contribution in [0.3, 0.4) is 0 Å². The summed E-state index contributed by atoms with van der Waals surface area (Å²) in [5, 5.41) is 3.10. The average molecular weight is 334 g/mol. The monoisotopic (exact) mass is 333 g/mol. The van der Waals surface area contributed by atoms with E-state index in [4.69, 9.17) is 0 Å². The molecule has 0 aliphatic heterocycles. The maximum absolute atomic E-state index is 12.3. The van der Waals surface area contributed by atoms with Crippen molar-refractivity contribution in [2.45, 2.75) is 31.2 Å². The Labute approximate surface area is 118 Å². The van der Waals surface area contributed by atoms with Gasteiger partial charge in [-0.1, -0.05) is 36.2 Å². The van der Waals surface area contributed by atoms with Gasteiger partial charge in [-0.05, 0) is 37.2 Å².